The first-order chi connectivity index (χ1) is 10.3. The van der Waals surface area contributed by atoms with Crippen molar-refractivity contribution in [3.8, 4) is 0 Å². The summed E-state index contributed by atoms with van der Waals surface area (Å²) in [5.74, 6) is 0.940. The fourth-order valence-corrected chi connectivity index (χ4v) is 2.24. The molecule has 0 aliphatic carbocycles. The number of imidazole rings is 1. The first-order valence-electron chi connectivity index (χ1n) is 7.63. The first kappa shape index (κ1) is 15.6. The van der Waals surface area contributed by atoms with Crippen molar-refractivity contribution in [2.75, 3.05) is 25.1 Å². The Hall–Kier alpha value is -1.82. The second-order valence-electron chi connectivity index (χ2n) is 5.05. The van der Waals surface area contributed by atoms with E-state index in [9.17, 15) is 0 Å². The van der Waals surface area contributed by atoms with Crippen LogP contribution < -0.4 is 5.32 Å². The van der Waals surface area contributed by atoms with Crippen LogP contribution in [0.3, 0.4) is 0 Å². The van der Waals surface area contributed by atoms with E-state index in [2.05, 4.69) is 32.0 Å². The molecular formula is C15H25N5O. The summed E-state index contributed by atoms with van der Waals surface area (Å²) in [5.41, 5.74) is 2.45. The van der Waals surface area contributed by atoms with Crippen molar-refractivity contribution in [2.45, 2.75) is 39.7 Å². The molecule has 0 fully saturated rings. The average molecular weight is 291 g/mol. The Morgan fingerprint density at radius 2 is 2.29 bits per heavy atom. The van der Waals surface area contributed by atoms with Gasteiger partial charge in [-0.05, 0) is 38.7 Å². The lowest BCUT2D eigenvalue weighted by Crippen LogP contribution is -2.10. The number of anilines is 1. The van der Waals surface area contributed by atoms with Crippen LogP contribution in [0.5, 0.6) is 0 Å². The molecular weight excluding hydrogens is 266 g/mol. The Labute approximate surface area is 125 Å². The lowest BCUT2D eigenvalue weighted by molar-refractivity contribution is 0.142. The van der Waals surface area contributed by atoms with Crippen LogP contribution in [0.1, 0.15) is 31.0 Å². The number of rotatable bonds is 10. The number of aryl methyl sites for hydroxylation is 3. The maximum Gasteiger partial charge on any atom is 0.202 e. The topological polar surface area (TPSA) is 67.8 Å². The van der Waals surface area contributed by atoms with E-state index in [-0.39, 0.29) is 0 Å². The lowest BCUT2D eigenvalue weighted by Gasteiger charge is -2.09. The monoisotopic (exact) mass is 291 g/mol. The van der Waals surface area contributed by atoms with Gasteiger partial charge in [-0.1, -0.05) is 0 Å². The highest BCUT2D eigenvalue weighted by Crippen LogP contribution is 2.08. The fraction of sp³-hybridized carbons (Fsp3) is 0.600. The van der Waals surface area contributed by atoms with Gasteiger partial charge in [-0.2, -0.15) is 5.10 Å². The van der Waals surface area contributed by atoms with Crippen LogP contribution in [-0.4, -0.2) is 39.5 Å². The highest BCUT2D eigenvalue weighted by Gasteiger charge is 2.03. The molecule has 116 valence electrons. The van der Waals surface area contributed by atoms with Gasteiger partial charge in [0, 0.05) is 44.4 Å². The normalized spacial score (nSPS) is 11.0. The zero-order valence-electron chi connectivity index (χ0n) is 12.9. The highest BCUT2D eigenvalue weighted by atomic mass is 16.5. The second kappa shape index (κ2) is 8.46. The number of aromatic amines is 1. The molecule has 0 unspecified atom stereocenters. The van der Waals surface area contributed by atoms with Gasteiger partial charge in [-0.25, -0.2) is 4.98 Å². The number of ether oxygens (including phenoxy) is 1. The van der Waals surface area contributed by atoms with Crippen molar-refractivity contribution in [2.24, 2.45) is 0 Å². The molecule has 0 aliphatic rings. The van der Waals surface area contributed by atoms with Crippen LogP contribution in [-0.2, 0) is 17.7 Å². The van der Waals surface area contributed by atoms with Gasteiger partial charge in [0.05, 0.1) is 6.20 Å². The third kappa shape index (κ3) is 4.90. The standard InChI is InChI=1S/C15H25N5O/c1-3-21-11-5-9-20-10-8-17-15(20)16-7-4-6-14-12-18-19-13(14)2/h8,10,12H,3-7,9,11H2,1-2H3,(H,16,17)(H,18,19). The molecule has 0 aliphatic heterocycles. The summed E-state index contributed by atoms with van der Waals surface area (Å²) in [6, 6.07) is 0. The molecule has 0 aromatic carbocycles. The number of aromatic nitrogens is 4. The predicted molar refractivity (Wildman–Crippen MR) is 83.5 cm³/mol. The van der Waals surface area contributed by atoms with Crippen LogP contribution in [0.25, 0.3) is 0 Å². The SMILES string of the molecule is CCOCCCn1ccnc1NCCCc1cn[nH]c1C. The second-order valence-corrected chi connectivity index (χ2v) is 5.05. The number of nitrogens with one attached hydrogen (secondary N) is 2. The van der Waals surface area contributed by atoms with E-state index in [0.717, 1.165) is 57.2 Å². The third-order valence-corrected chi connectivity index (χ3v) is 3.45. The molecule has 0 bridgehead atoms. The molecule has 21 heavy (non-hydrogen) atoms. The molecule has 0 saturated heterocycles. The summed E-state index contributed by atoms with van der Waals surface area (Å²) in [5, 5.41) is 10.4. The molecule has 0 radical (unpaired) electrons. The van der Waals surface area contributed by atoms with E-state index >= 15 is 0 Å². The maximum absolute atomic E-state index is 5.36. The molecule has 2 N–H and O–H groups in total. The van der Waals surface area contributed by atoms with Crippen molar-refractivity contribution in [3.05, 3.63) is 29.8 Å². The number of hydrogen-bond acceptors (Lipinski definition) is 4. The Bertz CT molecular complexity index is 520. The molecule has 2 heterocycles. The fourth-order valence-electron chi connectivity index (χ4n) is 2.24. The van der Waals surface area contributed by atoms with Gasteiger partial charge < -0.3 is 14.6 Å². The molecule has 0 atom stereocenters. The summed E-state index contributed by atoms with van der Waals surface area (Å²) in [4.78, 5) is 4.36. The Kier molecular flexibility index (Phi) is 6.27. The van der Waals surface area contributed by atoms with Crippen molar-refractivity contribution < 1.29 is 4.74 Å². The van der Waals surface area contributed by atoms with E-state index < -0.39 is 0 Å². The van der Waals surface area contributed by atoms with Gasteiger partial charge in [-0.15, -0.1) is 0 Å². The van der Waals surface area contributed by atoms with Crippen LogP contribution in [0.4, 0.5) is 5.95 Å². The van der Waals surface area contributed by atoms with Gasteiger partial charge in [0.15, 0.2) is 0 Å². The zero-order valence-corrected chi connectivity index (χ0v) is 12.9. The number of H-pyrrole nitrogens is 1. The summed E-state index contributed by atoms with van der Waals surface area (Å²) in [7, 11) is 0. The van der Waals surface area contributed by atoms with Crippen molar-refractivity contribution in [1.82, 2.24) is 19.7 Å². The van der Waals surface area contributed by atoms with Gasteiger partial charge >= 0.3 is 0 Å². The summed E-state index contributed by atoms with van der Waals surface area (Å²) < 4.78 is 7.50. The Morgan fingerprint density at radius 3 is 3.05 bits per heavy atom. The maximum atomic E-state index is 5.36. The summed E-state index contributed by atoms with van der Waals surface area (Å²) in [6.45, 7) is 7.50. The van der Waals surface area contributed by atoms with Crippen LogP contribution in [0, 0.1) is 6.92 Å². The minimum absolute atomic E-state index is 0.780. The number of nitrogens with zero attached hydrogens (tertiary/aromatic N) is 3. The average Bonchev–Trinajstić information content (AvgIpc) is 3.09. The van der Waals surface area contributed by atoms with Crippen molar-refractivity contribution in [3.63, 3.8) is 0 Å². The van der Waals surface area contributed by atoms with Gasteiger partial charge in [0.2, 0.25) is 5.95 Å². The molecule has 2 rings (SSSR count). The minimum atomic E-state index is 0.780. The lowest BCUT2D eigenvalue weighted by atomic mass is 10.1. The van der Waals surface area contributed by atoms with Crippen molar-refractivity contribution >= 4 is 5.95 Å². The molecule has 0 amide bonds. The van der Waals surface area contributed by atoms with E-state index in [1.54, 1.807) is 0 Å². The molecule has 6 heteroatoms. The van der Waals surface area contributed by atoms with E-state index in [4.69, 9.17) is 4.74 Å². The first-order valence-corrected chi connectivity index (χ1v) is 7.63. The third-order valence-electron chi connectivity index (χ3n) is 3.45. The molecule has 0 spiro atoms. The molecule has 2 aromatic heterocycles. The van der Waals surface area contributed by atoms with Crippen LogP contribution >= 0.6 is 0 Å². The summed E-state index contributed by atoms with van der Waals surface area (Å²) in [6.07, 6.45) is 8.85. The smallest absolute Gasteiger partial charge is 0.202 e. The summed E-state index contributed by atoms with van der Waals surface area (Å²) >= 11 is 0. The predicted octanol–water partition coefficient (Wildman–Crippen LogP) is 2.39. The largest absolute Gasteiger partial charge is 0.382 e. The highest BCUT2D eigenvalue weighted by molar-refractivity contribution is 5.25. The number of hydrogen-bond donors (Lipinski definition) is 2. The Balaban J connectivity index is 1.68. The Morgan fingerprint density at radius 1 is 1.38 bits per heavy atom. The molecule has 0 saturated carbocycles. The molecule has 6 nitrogen and oxygen atoms in total. The van der Waals surface area contributed by atoms with E-state index in [1.165, 1.54) is 5.56 Å². The van der Waals surface area contributed by atoms with E-state index in [1.807, 2.05) is 25.5 Å². The van der Waals surface area contributed by atoms with Gasteiger partial charge in [0.1, 0.15) is 0 Å². The van der Waals surface area contributed by atoms with Crippen molar-refractivity contribution in [1.29, 1.82) is 0 Å². The molecule has 2 aromatic rings. The quantitative estimate of drug-likeness (QED) is 0.660. The van der Waals surface area contributed by atoms with Gasteiger partial charge in [0.25, 0.3) is 0 Å². The van der Waals surface area contributed by atoms with Crippen LogP contribution in [0.15, 0.2) is 18.6 Å². The van der Waals surface area contributed by atoms with Crippen LogP contribution in [0.2, 0.25) is 0 Å². The minimum Gasteiger partial charge on any atom is -0.382 e. The zero-order chi connectivity index (χ0) is 14.9. The van der Waals surface area contributed by atoms with E-state index in [0.29, 0.717) is 0 Å². The van der Waals surface area contributed by atoms with Gasteiger partial charge in [-0.3, -0.25) is 5.10 Å².